The van der Waals surface area contributed by atoms with E-state index in [1.807, 2.05) is 24.3 Å². The van der Waals surface area contributed by atoms with Crippen LogP contribution in [0.4, 0.5) is 11.4 Å². The Morgan fingerprint density at radius 1 is 1.11 bits per heavy atom. The number of nitrogens with one attached hydrogen (secondary N) is 1. The molecule has 190 valence electrons. The number of carbonyl (C=O) groups excluding carboxylic acids is 2. The summed E-state index contributed by atoms with van der Waals surface area (Å²) in [6, 6.07) is 19.9. The first-order chi connectivity index (χ1) is 17.8. The predicted octanol–water partition coefficient (Wildman–Crippen LogP) is 6.90. The van der Waals surface area contributed by atoms with Crippen molar-refractivity contribution >= 4 is 69.2 Å². The highest BCUT2D eigenvalue weighted by Gasteiger charge is 2.33. The molecule has 1 aliphatic heterocycles. The summed E-state index contributed by atoms with van der Waals surface area (Å²) in [5, 5.41) is 3.43. The number of para-hydroxylation sites is 1. The lowest BCUT2D eigenvalue weighted by Crippen LogP contribution is -2.27. The molecule has 1 aliphatic rings. The smallest absolute Gasteiger partial charge is 0.270 e. The molecule has 0 radical (unpaired) electrons. The third-order valence-corrected chi connectivity index (χ3v) is 7.10. The fourth-order valence-corrected chi connectivity index (χ4v) is 5.28. The van der Waals surface area contributed by atoms with Gasteiger partial charge in [-0.15, -0.1) is 0 Å². The van der Waals surface area contributed by atoms with E-state index >= 15 is 0 Å². The van der Waals surface area contributed by atoms with Crippen molar-refractivity contribution in [1.82, 2.24) is 0 Å². The zero-order chi connectivity index (χ0) is 26.5. The van der Waals surface area contributed by atoms with Crippen LogP contribution >= 0.6 is 35.6 Å². The number of rotatable bonds is 8. The second-order valence-corrected chi connectivity index (χ2v) is 10.6. The Kier molecular flexibility index (Phi) is 8.53. The van der Waals surface area contributed by atoms with Crippen LogP contribution < -0.4 is 19.7 Å². The molecular formula is C28H25ClN2O4S2. The van der Waals surface area contributed by atoms with E-state index in [-0.39, 0.29) is 24.3 Å². The predicted molar refractivity (Wildman–Crippen MR) is 155 cm³/mol. The zero-order valence-electron chi connectivity index (χ0n) is 20.5. The van der Waals surface area contributed by atoms with Crippen molar-refractivity contribution < 1.29 is 19.1 Å². The quantitative estimate of drug-likeness (QED) is 0.242. The Hall–Kier alpha value is -3.33. The Balaban J connectivity index is 1.45. The van der Waals surface area contributed by atoms with E-state index in [0.717, 1.165) is 16.8 Å². The summed E-state index contributed by atoms with van der Waals surface area (Å²) < 4.78 is 11.6. The van der Waals surface area contributed by atoms with Crippen LogP contribution in [0.3, 0.4) is 0 Å². The van der Waals surface area contributed by atoms with Crippen LogP contribution in [0.1, 0.15) is 30.9 Å². The summed E-state index contributed by atoms with van der Waals surface area (Å²) in [6.07, 6.45) is 1.74. The van der Waals surface area contributed by atoms with Gasteiger partial charge in [0.1, 0.15) is 0 Å². The molecule has 1 N–H and O–H groups in total. The van der Waals surface area contributed by atoms with E-state index in [4.69, 9.17) is 33.3 Å². The molecule has 4 rings (SSSR count). The zero-order valence-corrected chi connectivity index (χ0v) is 22.9. The van der Waals surface area contributed by atoms with Crippen molar-refractivity contribution in [2.45, 2.75) is 19.8 Å². The van der Waals surface area contributed by atoms with Crippen molar-refractivity contribution in [1.29, 1.82) is 0 Å². The summed E-state index contributed by atoms with van der Waals surface area (Å²) in [7, 11) is 1.52. The van der Waals surface area contributed by atoms with Crippen LogP contribution in [0.15, 0.2) is 71.6 Å². The number of ether oxygens (including phenoxy) is 2. The number of halogens is 1. The van der Waals surface area contributed by atoms with E-state index in [1.165, 1.54) is 23.8 Å². The fourth-order valence-electron chi connectivity index (χ4n) is 3.79. The van der Waals surface area contributed by atoms with E-state index in [9.17, 15) is 9.59 Å². The van der Waals surface area contributed by atoms with Crippen LogP contribution in [0.5, 0.6) is 11.5 Å². The van der Waals surface area contributed by atoms with Crippen LogP contribution in [-0.2, 0) is 9.59 Å². The highest BCUT2D eigenvalue weighted by atomic mass is 35.5. The second-order valence-electron chi connectivity index (χ2n) is 8.49. The van der Waals surface area contributed by atoms with E-state index in [2.05, 4.69) is 19.2 Å². The molecule has 1 saturated heterocycles. The maximum atomic E-state index is 13.1. The lowest BCUT2D eigenvalue weighted by atomic mass is 10.0. The van der Waals surface area contributed by atoms with Gasteiger partial charge in [-0.05, 0) is 59.5 Å². The summed E-state index contributed by atoms with van der Waals surface area (Å²) in [5.41, 5.74) is 3.17. The normalized spacial score (nSPS) is 14.4. The van der Waals surface area contributed by atoms with Crippen molar-refractivity contribution in [2.75, 3.05) is 23.9 Å². The number of thiocarbonyl (C=S) groups is 1. The van der Waals surface area contributed by atoms with Gasteiger partial charge in [-0.3, -0.25) is 14.5 Å². The molecule has 6 nitrogen and oxygen atoms in total. The van der Waals surface area contributed by atoms with Gasteiger partial charge in [-0.25, -0.2) is 0 Å². The average Bonchev–Trinajstić information content (AvgIpc) is 3.15. The lowest BCUT2D eigenvalue weighted by molar-refractivity contribution is -0.118. The molecule has 2 amide bonds. The number of thioether (sulfide) groups is 1. The molecule has 9 heteroatoms. The molecule has 0 aromatic heterocycles. The van der Waals surface area contributed by atoms with Crippen LogP contribution in [0, 0.1) is 0 Å². The van der Waals surface area contributed by atoms with Gasteiger partial charge < -0.3 is 14.8 Å². The molecule has 37 heavy (non-hydrogen) atoms. The molecule has 1 heterocycles. The Morgan fingerprint density at radius 3 is 2.62 bits per heavy atom. The first-order valence-electron chi connectivity index (χ1n) is 11.5. The van der Waals surface area contributed by atoms with E-state index in [0.29, 0.717) is 31.4 Å². The molecule has 0 aliphatic carbocycles. The minimum atomic E-state index is -0.274. The van der Waals surface area contributed by atoms with Gasteiger partial charge >= 0.3 is 0 Å². The average molecular weight is 553 g/mol. The van der Waals surface area contributed by atoms with Crippen molar-refractivity contribution in [3.63, 3.8) is 0 Å². The molecule has 0 spiro atoms. The Labute approximate surface area is 230 Å². The molecule has 3 aromatic carbocycles. The first kappa shape index (κ1) is 26.7. The van der Waals surface area contributed by atoms with Gasteiger partial charge in [0.15, 0.2) is 22.4 Å². The molecule has 1 fully saturated rings. The Bertz CT molecular complexity index is 1390. The van der Waals surface area contributed by atoms with Crippen LogP contribution in [0.25, 0.3) is 6.08 Å². The van der Waals surface area contributed by atoms with Crippen molar-refractivity contribution in [2.24, 2.45) is 0 Å². The molecule has 0 unspecified atom stereocenters. The first-order valence-corrected chi connectivity index (χ1v) is 13.1. The SMILES string of the molecule is COc1cc(/C=C2/SC(=S)N(c3cccc(Cl)c3)C2=O)ccc1OCC(=O)Nc1ccccc1C(C)C. The van der Waals surface area contributed by atoms with E-state index < -0.39 is 0 Å². The Morgan fingerprint density at radius 2 is 1.89 bits per heavy atom. The number of carbonyl (C=O) groups is 2. The minimum absolute atomic E-state index is 0.180. The number of amides is 2. The largest absolute Gasteiger partial charge is 0.493 e. The maximum absolute atomic E-state index is 13.1. The summed E-state index contributed by atoms with van der Waals surface area (Å²) in [6.45, 7) is 3.97. The second kappa shape index (κ2) is 11.8. The third kappa shape index (κ3) is 6.33. The van der Waals surface area contributed by atoms with Gasteiger partial charge in [0.05, 0.1) is 17.7 Å². The van der Waals surface area contributed by atoms with Gasteiger partial charge in [0.25, 0.3) is 11.8 Å². The molecule has 0 atom stereocenters. The minimum Gasteiger partial charge on any atom is -0.493 e. The molecular weight excluding hydrogens is 528 g/mol. The fraction of sp³-hybridized carbons (Fsp3) is 0.179. The number of methoxy groups -OCH3 is 1. The lowest BCUT2D eigenvalue weighted by Gasteiger charge is -2.15. The number of anilines is 2. The van der Waals surface area contributed by atoms with Gasteiger partial charge in [-0.2, -0.15) is 0 Å². The third-order valence-electron chi connectivity index (χ3n) is 5.56. The van der Waals surface area contributed by atoms with Crippen LogP contribution in [0.2, 0.25) is 5.02 Å². The summed E-state index contributed by atoms with van der Waals surface area (Å²) in [4.78, 5) is 27.5. The highest BCUT2D eigenvalue weighted by molar-refractivity contribution is 8.27. The number of hydrogen-bond donors (Lipinski definition) is 1. The van der Waals surface area contributed by atoms with Crippen LogP contribution in [-0.4, -0.2) is 29.9 Å². The summed E-state index contributed by atoms with van der Waals surface area (Å²) in [5.74, 6) is 0.628. The van der Waals surface area contributed by atoms with Gasteiger partial charge in [0, 0.05) is 10.7 Å². The van der Waals surface area contributed by atoms with Crippen molar-refractivity contribution in [3.05, 3.63) is 87.8 Å². The van der Waals surface area contributed by atoms with Gasteiger partial charge in [-0.1, -0.05) is 79.8 Å². The maximum Gasteiger partial charge on any atom is 0.270 e. The van der Waals surface area contributed by atoms with E-state index in [1.54, 1.807) is 48.5 Å². The molecule has 0 saturated carbocycles. The number of nitrogens with zero attached hydrogens (tertiary/aromatic N) is 1. The van der Waals surface area contributed by atoms with Gasteiger partial charge in [0.2, 0.25) is 0 Å². The molecule has 0 bridgehead atoms. The standard InChI is InChI=1S/C28H25ClN2O4S2/c1-17(2)21-9-4-5-10-22(21)30-26(32)16-35-23-12-11-18(13-24(23)34-3)14-25-27(33)31(28(36)37-25)20-8-6-7-19(29)15-20/h4-15,17H,16H2,1-3H3,(H,30,32)/b25-14+. The summed E-state index contributed by atoms with van der Waals surface area (Å²) >= 11 is 12.7. The molecule has 3 aromatic rings. The number of benzene rings is 3. The number of hydrogen-bond acceptors (Lipinski definition) is 6. The monoisotopic (exact) mass is 552 g/mol. The topological polar surface area (TPSA) is 67.9 Å². The van der Waals surface area contributed by atoms with Crippen molar-refractivity contribution in [3.8, 4) is 11.5 Å². The highest BCUT2D eigenvalue weighted by Crippen LogP contribution is 2.38.